The van der Waals surface area contributed by atoms with Crippen molar-refractivity contribution in [1.29, 1.82) is 0 Å². The van der Waals surface area contributed by atoms with Crippen LogP contribution in [0.3, 0.4) is 0 Å². The molecule has 0 heterocycles. The van der Waals surface area contributed by atoms with E-state index in [1.807, 2.05) is 6.92 Å². The lowest BCUT2D eigenvalue weighted by molar-refractivity contribution is 0.372. The van der Waals surface area contributed by atoms with Crippen molar-refractivity contribution in [3.05, 3.63) is 0 Å². The lowest BCUT2D eigenvalue weighted by atomic mass is 9.95. The molecule has 0 aliphatic rings. The lowest BCUT2D eigenvalue weighted by Crippen LogP contribution is -2.15. The number of unbranched alkanes of at least 4 members (excludes halogenated alkanes) is 4. The van der Waals surface area contributed by atoms with E-state index in [0.717, 1.165) is 19.3 Å². The lowest BCUT2D eigenvalue weighted by Gasteiger charge is -2.16. The maximum absolute atomic E-state index is 10.2. The third kappa shape index (κ3) is 7.62. The SMILES string of the molecule is CCCCCCCC(CC)C(N=C=O)N=C=O. The Hall–Kier alpha value is -1.24. The molecule has 0 spiro atoms. The van der Waals surface area contributed by atoms with E-state index in [9.17, 15) is 9.59 Å². The first-order valence-electron chi connectivity index (χ1n) is 6.44. The minimum absolute atomic E-state index is 0.152. The molecule has 0 fully saturated rings. The van der Waals surface area contributed by atoms with Gasteiger partial charge in [-0.2, -0.15) is 9.98 Å². The van der Waals surface area contributed by atoms with E-state index < -0.39 is 6.17 Å². The number of hydrogen-bond acceptors (Lipinski definition) is 4. The first-order chi connectivity index (χ1) is 8.29. The molecule has 96 valence electrons. The van der Waals surface area contributed by atoms with Gasteiger partial charge in [0, 0.05) is 5.92 Å². The van der Waals surface area contributed by atoms with Gasteiger partial charge in [0.25, 0.3) is 0 Å². The molecule has 1 unspecified atom stereocenters. The highest BCUT2D eigenvalue weighted by molar-refractivity contribution is 5.37. The van der Waals surface area contributed by atoms with Gasteiger partial charge in [0.05, 0.1) is 0 Å². The molecule has 0 aliphatic heterocycles. The van der Waals surface area contributed by atoms with Crippen molar-refractivity contribution in [1.82, 2.24) is 0 Å². The Morgan fingerprint density at radius 2 is 1.53 bits per heavy atom. The summed E-state index contributed by atoms with van der Waals surface area (Å²) in [5, 5.41) is 0. The Bertz CT molecular complexity index is 261. The summed E-state index contributed by atoms with van der Waals surface area (Å²) in [6.45, 7) is 4.20. The van der Waals surface area contributed by atoms with Gasteiger partial charge in [0.2, 0.25) is 12.2 Å². The molecule has 0 bridgehead atoms. The molecule has 0 aliphatic carbocycles. The van der Waals surface area contributed by atoms with E-state index in [1.54, 1.807) is 0 Å². The minimum Gasteiger partial charge on any atom is -0.211 e. The number of isocyanates is 2. The molecule has 0 aromatic rings. The van der Waals surface area contributed by atoms with Crippen LogP contribution in [0.25, 0.3) is 0 Å². The van der Waals surface area contributed by atoms with Crippen LogP contribution in [0.1, 0.15) is 58.8 Å². The average molecular weight is 238 g/mol. The van der Waals surface area contributed by atoms with Gasteiger partial charge in [-0.3, -0.25) is 0 Å². The summed E-state index contributed by atoms with van der Waals surface area (Å²) >= 11 is 0. The second-order valence-corrected chi connectivity index (χ2v) is 4.23. The van der Waals surface area contributed by atoms with Crippen molar-refractivity contribution in [2.45, 2.75) is 65.0 Å². The smallest absolute Gasteiger partial charge is 0.211 e. The van der Waals surface area contributed by atoms with Crippen molar-refractivity contribution in [2.24, 2.45) is 15.9 Å². The number of aliphatic imine (C=N–C) groups is 2. The maximum Gasteiger partial charge on any atom is 0.237 e. The standard InChI is InChI=1S/C13H22N2O2/c1-3-5-6-7-8-9-12(4-2)13(14-10-16)15-11-17/h12-13H,3-9H2,1-2H3. The summed E-state index contributed by atoms with van der Waals surface area (Å²) in [6.07, 6.45) is 10.2. The summed E-state index contributed by atoms with van der Waals surface area (Å²) in [4.78, 5) is 27.6. The molecule has 0 aromatic heterocycles. The van der Waals surface area contributed by atoms with Crippen LogP contribution < -0.4 is 0 Å². The Morgan fingerprint density at radius 3 is 2.00 bits per heavy atom. The molecule has 0 saturated carbocycles. The van der Waals surface area contributed by atoms with Crippen molar-refractivity contribution in [2.75, 3.05) is 0 Å². The Balaban J connectivity index is 4.10. The van der Waals surface area contributed by atoms with Gasteiger partial charge in [-0.1, -0.05) is 46.0 Å². The van der Waals surface area contributed by atoms with E-state index in [1.165, 1.54) is 37.8 Å². The predicted molar refractivity (Wildman–Crippen MR) is 67.2 cm³/mol. The Morgan fingerprint density at radius 1 is 0.941 bits per heavy atom. The fourth-order valence-corrected chi connectivity index (χ4v) is 1.92. The molecule has 1 atom stereocenters. The third-order valence-corrected chi connectivity index (χ3v) is 2.99. The summed E-state index contributed by atoms with van der Waals surface area (Å²) in [7, 11) is 0. The highest BCUT2D eigenvalue weighted by Gasteiger charge is 2.18. The minimum atomic E-state index is -0.582. The third-order valence-electron chi connectivity index (χ3n) is 2.99. The Kier molecular flexibility index (Phi) is 10.4. The van der Waals surface area contributed by atoms with E-state index in [2.05, 4.69) is 16.9 Å². The fourth-order valence-electron chi connectivity index (χ4n) is 1.92. The summed E-state index contributed by atoms with van der Waals surface area (Å²) in [5.41, 5.74) is 0. The highest BCUT2D eigenvalue weighted by atomic mass is 16.1. The van der Waals surface area contributed by atoms with Crippen LogP contribution in [0.5, 0.6) is 0 Å². The number of rotatable bonds is 10. The predicted octanol–water partition coefficient (Wildman–Crippen LogP) is 3.37. The van der Waals surface area contributed by atoms with Gasteiger partial charge in [0.1, 0.15) is 0 Å². The van der Waals surface area contributed by atoms with Crippen molar-refractivity contribution < 1.29 is 9.59 Å². The Labute approximate surface area is 103 Å². The largest absolute Gasteiger partial charge is 0.237 e. The van der Waals surface area contributed by atoms with E-state index >= 15 is 0 Å². The molecule has 4 nitrogen and oxygen atoms in total. The van der Waals surface area contributed by atoms with Crippen molar-refractivity contribution in [3.8, 4) is 0 Å². The monoisotopic (exact) mass is 238 g/mol. The quantitative estimate of drug-likeness (QED) is 0.333. The molecule has 4 heteroatoms. The van der Waals surface area contributed by atoms with Crippen LogP contribution in [-0.4, -0.2) is 18.3 Å². The first kappa shape index (κ1) is 15.8. The van der Waals surface area contributed by atoms with Gasteiger partial charge < -0.3 is 0 Å². The summed E-state index contributed by atoms with van der Waals surface area (Å²) in [5.74, 6) is 0.152. The van der Waals surface area contributed by atoms with Crippen LogP contribution >= 0.6 is 0 Å². The van der Waals surface area contributed by atoms with Crippen LogP contribution in [-0.2, 0) is 9.59 Å². The van der Waals surface area contributed by atoms with Crippen molar-refractivity contribution >= 4 is 12.2 Å². The second kappa shape index (κ2) is 11.3. The van der Waals surface area contributed by atoms with Crippen LogP contribution in [0.15, 0.2) is 9.98 Å². The van der Waals surface area contributed by atoms with E-state index in [4.69, 9.17) is 0 Å². The fraction of sp³-hybridized carbons (Fsp3) is 0.846. The number of carbonyl (C=O) groups excluding carboxylic acids is 2. The van der Waals surface area contributed by atoms with Crippen molar-refractivity contribution in [3.63, 3.8) is 0 Å². The molecule has 0 radical (unpaired) electrons. The van der Waals surface area contributed by atoms with Crippen LogP contribution in [0, 0.1) is 5.92 Å². The molecular formula is C13H22N2O2. The second-order valence-electron chi connectivity index (χ2n) is 4.23. The first-order valence-corrected chi connectivity index (χ1v) is 6.44. The zero-order valence-electron chi connectivity index (χ0n) is 10.8. The summed E-state index contributed by atoms with van der Waals surface area (Å²) in [6, 6.07) is 0. The zero-order valence-corrected chi connectivity index (χ0v) is 10.8. The molecule has 17 heavy (non-hydrogen) atoms. The highest BCUT2D eigenvalue weighted by Crippen LogP contribution is 2.21. The van der Waals surface area contributed by atoms with E-state index in [0.29, 0.717) is 0 Å². The van der Waals surface area contributed by atoms with Gasteiger partial charge in [0.15, 0.2) is 6.17 Å². The molecule has 0 saturated heterocycles. The van der Waals surface area contributed by atoms with Gasteiger partial charge >= 0.3 is 0 Å². The average Bonchev–Trinajstić information content (AvgIpc) is 2.34. The van der Waals surface area contributed by atoms with Gasteiger partial charge in [-0.25, -0.2) is 9.59 Å². The molecular weight excluding hydrogens is 216 g/mol. The molecule has 0 amide bonds. The maximum atomic E-state index is 10.2. The zero-order chi connectivity index (χ0) is 12.9. The van der Waals surface area contributed by atoms with Gasteiger partial charge in [-0.15, -0.1) is 0 Å². The number of hydrogen-bond donors (Lipinski definition) is 0. The molecule has 0 N–H and O–H groups in total. The molecule has 0 aromatic carbocycles. The van der Waals surface area contributed by atoms with Crippen LogP contribution in [0.4, 0.5) is 0 Å². The van der Waals surface area contributed by atoms with Gasteiger partial charge in [-0.05, 0) is 12.8 Å². The number of nitrogens with zero attached hydrogens (tertiary/aromatic N) is 2. The molecule has 0 rings (SSSR count). The summed E-state index contributed by atoms with van der Waals surface area (Å²) < 4.78 is 0. The topological polar surface area (TPSA) is 58.9 Å². The van der Waals surface area contributed by atoms with Crippen LogP contribution in [0.2, 0.25) is 0 Å². The van der Waals surface area contributed by atoms with E-state index in [-0.39, 0.29) is 5.92 Å². The normalized spacial score (nSPS) is 13.3.